The van der Waals surface area contributed by atoms with Gasteiger partial charge in [-0.3, -0.25) is 9.58 Å². The van der Waals surface area contributed by atoms with Gasteiger partial charge in [-0.25, -0.2) is 4.98 Å². The smallest absolute Gasteiger partial charge is 0.383 e. The van der Waals surface area contributed by atoms with Gasteiger partial charge in [0.2, 0.25) is 0 Å². The molecule has 0 amide bonds. The lowest BCUT2D eigenvalue weighted by Crippen LogP contribution is -2.51. The molecule has 2 aromatic rings. The van der Waals surface area contributed by atoms with E-state index in [1.54, 1.807) is 0 Å². The Morgan fingerprint density at radius 3 is 2.32 bits per heavy atom. The van der Waals surface area contributed by atoms with E-state index >= 15 is 0 Å². The molecule has 31 heavy (non-hydrogen) atoms. The van der Waals surface area contributed by atoms with E-state index in [4.69, 9.17) is 15.6 Å². The topological polar surface area (TPSA) is 69.2 Å². The second-order valence-corrected chi connectivity index (χ2v) is 8.99. The molecule has 2 aromatic heterocycles. The summed E-state index contributed by atoms with van der Waals surface area (Å²) < 4.78 is 47.5. The molecule has 4 heterocycles. The molecule has 0 atom stereocenters. The molecule has 1 saturated carbocycles. The highest BCUT2D eigenvalue weighted by molar-refractivity contribution is 5.62. The van der Waals surface area contributed by atoms with Gasteiger partial charge in [-0.2, -0.15) is 18.3 Å². The Morgan fingerprint density at radius 2 is 1.71 bits per heavy atom. The highest BCUT2D eigenvalue weighted by Gasteiger charge is 2.35. The van der Waals surface area contributed by atoms with Crippen LogP contribution in [0, 0.1) is 0 Å². The molecule has 0 bridgehead atoms. The van der Waals surface area contributed by atoms with Crippen LogP contribution < -0.4 is 5.73 Å². The number of ether oxygens (including phenoxy) is 1. The molecule has 168 valence electrons. The van der Waals surface area contributed by atoms with Crippen LogP contribution in [0.4, 0.5) is 19.0 Å². The lowest BCUT2D eigenvalue weighted by molar-refractivity contribution is -0.137. The Morgan fingerprint density at radius 1 is 1.00 bits per heavy atom. The third-order valence-corrected chi connectivity index (χ3v) is 7.04. The van der Waals surface area contributed by atoms with Crippen LogP contribution in [0.25, 0.3) is 11.3 Å². The average Bonchev–Trinajstić information content (AvgIpc) is 3.36. The Labute approximate surface area is 179 Å². The van der Waals surface area contributed by atoms with Crippen molar-refractivity contribution in [2.75, 3.05) is 32.0 Å². The van der Waals surface area contributed by atoms with Crippen molar-refractivity contribution in [3.05, 3.63) is 29.6 Å². The van der Waals surface area contributed by atoms with Gasteiger partial charge in [-0.15, -0.1) is 0 Å². The van der Waals surface area contributed by atoms with Crippen LogP contribution in [-0.2, 0) is 10.9 Å². The summed E-state index contributed by atoms with van der Waals surface area (Å²) in [4.78, 5) is 6.30. The van der Waals surface area contributed by atoms with Gasteiger partial charge in [0.1, 0.15) is 5.82 Å². The number of piperidine rings is 1. The highest BCUT2D eigenvalue weighted by atomic mass is 19.4. The predicted octanol–water partition coefficient (Wildman–Crippen LogP) is 4.24. The Balaban J connectivity index is 1.45. The molecule has 2 N–H and O–H groups in total. The van der Waals surface area contributed by atoms with E-state index in [1.807, 2.05) is 6.07 Å². The molecule has 0 spiro atoms. The fourth-order valence-electron chi connectivity index (χ4n) is 5.13. The second-order valence-electron chi connectivity index (χ2n) is 8.99. The number of pyridine rings is 1. The number of aromatic nitrogens is 3. The number of anilines is 1. The van der Waals surface area contributed by atoms with Crippen LogP contribution in [0.1, 0.15) is 61.7 Å². The number of halogens is 3. The van der Waals surface area contributed by atoms with Crippen molar-refractivity contribution in [1.29, 1.82) is 0 Å². The molecule has 1 aliphatic carbocycles. The van der Waals surface area contributed by atoms with Crippen molar-refractivity contribution < 1.29 is 17.9 Å². The van der Waals surface area contributed by atoms with E-state index in [0.29, 0.717) is 29.3 Å². The summed E-state index contributed by atoms with van der Waals surface area (Å²) in [6, 6.07) is 3.92. The second kappa shape index (κ2) is 8.09. The summed E-state index contributed by atoms with van der Waals surface area (Å²) in [7, 11) is 0. The van der Waals surface area contributed by atoms with Gasteiger partial charge >= 0.3 is 6.18 Å². The number of nitrogens with zero attached hydrogens (tertiary/aromatic N) is 4. The van der Waals surface area contributed by atoms with Crippen LogP contribution in [0.2, 0.25) is 0 Å². The summed E-state index contributed by atoms with van der Waals surface area (Å²) in [6.07, 6.45) is 3.39. The monoisotopic (exact) mass is 435 g/mol. The lowest BCUT2D eigenvalue weighted by Gasteiger charge is -2.41. The fraction of sp³-hybridized carbons (Fsp3) is 0.636. The Hall–Kier alpha value is -2.13. The van der Waals surface area contributed by atoms with Crippen LogP contribution in [0.3, 0.4) is 0 Å². The first-order chi connectivity index (χ1) is 14.9. The molecule has 3 fully saturated rings. The Kier molecular flexibility index (Phi) is 5.42. The third-order valence-electron chi connectivity index (χ3n) is 7.04. The van der Waals surface area contributed by atoms with E-state index in [2.05, 4.69) is 14.6 Å². The number of hydrogen-bond donors (Lipinski definition) is 1. The maximum absolute atomic E-state index is 13.3. The SMILES string of the molecule is Nc1ncc(-c2cc(C3CCN(C4COC4)CC3)n(C3CCCC3)n2)cc1C(F)(F)F. The zero-order chi connectivity index (χ0) is 21.6. The van der Waals surface area contributed by atoms with E-state index in [-0.39, 0.29) is 0 Å². The van der Waals surface area contributed by atoms with Gasteiger partial charge < -0.3 is 10.5 Å². The normalized spacial score (nSPS) is 22.2. The van der Waals surface area contributed by atoms with Gasteiger partial charge in [0.15, 0.2) is 0 Å². The van der Waals surface area contributed by atoms with Crippen molar-refractivity contribution in [2.45, 2.75) is 62.7 Å². The number of hydrogen-bond acceptors (Lipinski definition) is 5. The van der Waals surface area contributed by atoms with E-state index in [0.717, 1.165) is 63.7 Å². The number of nitrogen functional groups attached to an aromatic ring is 1. The molecule has 2 saturated heterocycles. The summed E-state index contributed by atoms with van der Waals surface area (Å²) in [5.41, 5.74) is 6.65. The molecule has 0 aromatic carbocycles. The number of alkyl halides is 3. The van der Waals surface area contributed by atoms with Gasteiger partial charge in [0.25, 0.3) is 0 Å². The van der Waals surface area contributed by atoms with Gasteiger partial charge in [0.05, 0.1) is 36.6 Å². The van der Waals surface area contributed by atoms with Crippen molar-refractivity contribution >= 4 is 5.82 Å². The fourth-order valence-corrected chi connectivity index (χ4v) is 5.13. The summed E-state index contributed by atoms with van der Waals surface area (Å²) in [6.45, 7) is 3.68. The van der Waals surface area contributed by atoms with E-state index in [1.165, 1.54) is 19.0 Å². The van der Waals surface area contributed by atoms with Crippen molar-refractivity contribution in [1.82, 2.24) is 19.7 Å². The number of likely N-dealkylation sites (tertiary alicyclic amines) is 1. The standard InChI is InChI=1S/C22H28F3N5O/c23-22(24,25)18-9-15(11-27-21(18)26)19-10-20(30(28-19)16-3-1-2-4-16)14-5-7-29(8-6-14)17-12-31-13-17/h9-11,14,16-17H,1-8,12-13H2,(H2,26,27). The molecule has 0 unspecified atom stereocenters. The number of nitrogens with two attached hydrogens (primary N) is 1. The highest BCUT2D eigenvalue weighted by Crippen LogP contribution is 2.39. The maximum atomic E-state index is 13.3. The van der Waals surface area contributed by atoms with E-state index in [9.17, 15) is 13.2 Å². The van der Waals surface area contributed by atoms with Gasteiger partial charge in [-0.05, 0) is 50.9 Å². The first-order valence-electron chi connectivity index (χ1n) is 11.1. The van der Waals surface area contributed by atoms with Crippen LogP contribution >= 0.6 is 0 Å². The van der Waals surface area contributed by atoms with Gasteiger partial charge in [0, 0.05) is 23.4 Å². The molecule has 9 heteroatoms. The zero-order valence-electron chi connectivity index (χ0n) is 17.4. The summed E-state index contributed by atoms with van der Waals surface area (Å²) in [5.74, 6) is -0.137. The summed E-state index contributed by atoms with van der Waals surface area (Å²) in [5, 5.41) is 4.81. The van der Waals surface area contributed by atoms with Crippen LogP contribution in [0.5, 0.6) is 0 Å². The lowest BCUT2D eigenvalue weighted by atomic mass is 9.91. The minimum atomic E-state index is -4.54. The first-order valence-corrected chi connectivity index (χ1v) is 11.1. The van der Waals surface area contributed by atoms with Crippen molar-refractivity contribution in [3.63, 3.8) is 0 Å². The summed E-state index contributed by atoms with van der Waals surface area (Å²) >= 11 is 0. The molecular formula is C22H28F3N5O. The largest absolute Gasteiger partial charge is 0.419 e. The maximum Gasteiger partial charge on any atom is 0.419 e. The Bertz CT molecular complexity index is 926. The van der Waals surface area contributed by atoms with E-state index < -0.39 is 17.6 Å². The molecule has 6 nitrogen and oxygen atoms in total. The van der Waals surface area contributed by atoms with Crippen molar-refractivity contribution in [3.8, 4) is 11.3 Å². The molecular weight excluding hydrogens is 407 g/mol. The van der Waals surface area contributed by atoms with Crippen molar-refractivity contribution in [2.24, 2.45) is 0 Å². The molecule has 2 aliphatic heterocycles. The predicted molar refractivity (Wildman–Crippen MR) is 111 cm³/mol. The minimum absolute atomic E-state index is 0.325. The van der Waals surface area contributed by atoms with Crippen LogP contribution in [-0.4, -0.2) is 52.0 Å². The zero-order valence-corrected chi connectivity index (χ0v) is 17.4. The molecule has 0 radical (unpaired) electrons. The first kappa shape index (κ1) is 20.8. The quantitative estimate of drug-likeness (QED) is 0.778. The number of rotatable bonds is 4. The van der Waals surface area contributed by atoms with Gasteiger partial charge in [-0.1, -0.05) is 12.8 Å². The van der Waals surface area contributed by atoms with Crippen LogP contribution in [0.15, 0.2) is 18.3 Å². The molecule has 3 aliphatic rings. The average molecular weight is 435 g/mol. The molecule has 5 rings (SSSR count). The minimum Gasteiger partial charge on any atom is -0.383 e. The third kappa shape index (κ3) is 4.05.